The van der Waals surface area contributed by atoms with Crippen molar-refractivity contribution in [3.8, 4) is 0 Å². The van der Waals surface area contributed by atoms with E-state index in [9.17, 15) is 0 Å². The molecule has 0 spiro atoms. The number of hydrogen-bond acceptors (Lipinski definition) is 0. The minimum absolute atomic E-state index is 0.981. The van der Waals surface area contributed by atoms with Crippen LogP contribution in [0, 0.1) is 35.5 Å². The first-order valence-electron chi connectivity index (χ1n) is 7.43. The van der Waals surface area contributed by atoms with Crippen molar-refractivity contribution in [1.29, 1.82) is 0 Å². The van der Waals surface area contributed by atoms with Crippen LogP contribution in [0.3, 0.4) is 0 Å². The highest BCUT2D eigenvalue weighted by Gasteiger charge is 2.26. The highest BCUT2D eigenvalue weighted by molar-refractivity contribution is 4.76. The minimum atomic E-state index is 0.981. The Labute approximate surface area is 103 Å². The van der Waals surface area contributed by atoms with E-state index in [1.807, 2.05) is 0 Å². The first-order chi connectivity index (χ1) is 7.43. The maximum absolute atomic E-state index is 2.38. The van der Waals surface area contributed by atoms with E-state index in [1.165, 1.54) is 25.7 Å². The summed E-state index contributed by atoms with van der Waals surface area (Å²) in [7, 11) is 0. The summed E-state index contributed by atoms with van der Waals surface area (Å²) >= 11 is 0. The SMILES string of the molecule is CC1CCC(C)C1C.CC1CCC(C)C1C. The molecule has 2 aliphatic rings. The average Bonchev–Trinajstić information content (AvgIpc) is 2.70. The summed E-state index contributed by atoms with van der Waals surface area (Å²) < 4.78 is 0. The summed E-state index contributed by atoms with van der Waals surface area (Å²) in [6.45, 7) is 14.2. The van der Waals surface area contributed by atoms with Crippen LogP contribution >= 0.6 is 0 Å². The lowest BCUT2D eigenvalue weighted by Crippen LogP contribution is -2.04. The van der Waals surface area contributed by atoms with Gasteiger partial charge in [0.2, 0.25) is 0 Å². The van der Waals surface area contributed by atoms with Crippen LogP contribution < -0.4 is 0 Å². The number of rotatable bonds is 0. The Bertz CT molecular complexity index is 154. The molecule has 0 heteroatoms. The van der Waals surface area contributed by atoms with Gasteiger partial charge >= 0.3 is 0 Å². The van der Waals surface area contributed by atoms with Gasteiger partial charge < -0.3 is 0 Å². The smallest absolute Gasteiger partial charge is 0.0391 e. The van der Waals surface area contributed by atoms with E-state index in [0.29, 0.717) is 0 Å². The Morgan fingerprint density at radius 1 is 0.438 bits per heavy atom. The minimum Gasteiger partial charge on any atom is -0.0622 e. The highest BCUT2D eigenvalue weighted by atomic mass is 14.3. The molecule has 0 aliphatic heterocycles. The lowest BCUT2D eigenvalue weighted by Gasteiger charge is -2.11. The molecule has 0 amide bonds. The van der Waals surface area contributed by atoms with Crippen LogP contribution in [0.15, 0.2) is 0 Å². The van der Waals surface area contributed by atoms with Crippen molar-refractivity contribution in [1.82, 2.24) is 0 Å². The normalized spacial score (nSPS) is 47.6. The van der Waals surface area contributed by atoms with Gasteiger partial charge in [-0.25, -0.2) is 0 Å². The number of hydrogen-bond donors (Lipinski definition) is 0. The second kappa shape index (κ2) is 6.07. The third kappa shape index (κ3) is 3.50. The van der Waals surface area contributed by atoms with Gasteiger partial charge in [-0.15, -0.1) is 0 Å². The molecule has 2 saturated carbocycles. The summed E-state index contributed by atoms with van der Waals surface area (Å²) in [5, 5.41) is 0. The Hall–Kier alpha value is 0. The van der Waals surface area contributed by atoms with E-state index in [1.54, 1.807) is 0 Å². The molecule has 0 aromatic carbocycles. The van der Waals surface area contributed by atoms with Crippen LogP contribution in [-0.4, -0.2) is 0 Å². The largest absolute Gasteiger partial charge is 0.0622 e. The molecule has 0 aromatic heterocycles. The molecule has 4 unspecified atom stereocenters. The molecule has 0 bridgehead atoms. The first-order valence-corrected chi connectivity index (χ1v) is 7.43. The lowest BCUT2D eigenvalue weighted by atomic mass is 9.94. The fourth-order valence-electron chi connectivity index (χ4n) is 3.22. The molecular formula is C16H32. The maximum atomic E-state index is 2.38. The summed E-state index contributed by atoms with van der Waals surface area (Å²) in [6, 6.07) is 0. The molecule has 0 nitrogen and oxygen atoms in total. The Balaban J connectivity index is 0.000000160. The quantitative estimate of drug-likeness (QED) is 0.518. The van der Waals surface area contributed by atoms with E-state index < -0.39 is 0 Å². The monoisotopic (exact) mass is 224 g/mol. The molecule has 0 N–H and O–H groups in total. The van der Waals surface area contributed by atoms with Crippen molar-refractivity contribution in [3.63, 3.8) is 0 Å². The molecule has 16 heavy (non-hydrogen) atoms. The molecule has 4 atom stereocenters. The fourth-order valence-corrected chi connectivity index (χ4v) is 3.22. The van der Waals surface area contributed by atoms with Crippen molar-refractivity contribution in [2.24, 2.45) is 35.5 Å². The molecule has 0 radical (unpaired) electrons. The summed E-state index contributed by atoms with van der Waals surface area (Å²) in [4.78, 5) is 0. The molecule has 0 heterocycles. The van der Waals surface area contributed by atoms with Crippen molar-refractivity contribution in [2.75, 3.05) is 0 Å². The summed E-state index contributed by atoms with van der Waals surface area (Å²) in [5.74, 6) is 5.93. The zero-order valence-electron chi connectivity index (χ0n) is 12.3. The third-order valence-corrected chi connectivity index (χ3v) is 5.74. The van der Waals surface area contributed by atoms with Crippen LogP contribution in [0.25, 0.3) is 0 Å². The van der Waals surface area contributed by atoms with Gasteiger partial charge in [-0.2, -0.15) is 0 Å². The topological polar surface area (TPSA) is 0 Å². The third-order valence-electron chi connectivity index (χ3n) is 5.74. The molecule has 2 aliphatic carbocycles. The Morgan fingerprint density at radius 2 is 0.625 bits per heavy atom. The second-order valence-corrected chi connectivity index (χ2v) is 6.78. The van der Waals surface area contributed by atoms with Crippen LogP contribution in [-0.2, 0) is 0 Å². The van der Waals surface area contributed by atoms with Crippen LogP contribution in [0.1, 0.15) is 67.2 Å². The van der Waals surface area contributed by atoms with Crippen LogP contribution in [0.2, 0.25) is 0 Å². The van der Waals surface area contributed by atoms with Gasteiger partial charge in [-0.05, 0) is 35.5 Å². The van der Waals surface area contributed by atoms with Crippen molar-refractivity contribution >= 4 is 0 Å². The summed E-state index contributed by atoms with van der Waals surface area (Å²) in [6.07, 6.45) is 5.84. The average molecular weight is 224 g/mol. The van der Waals surface area contributed by atoms with Gasteiger partial charge in [0.1, 0.15) is 0 Å². The predicted molar refractivity (Wildman–Crippen MR) is 73.5 cm³/mol. The Kier molecular flexibility index (Phi) is 5.34. The van der Waals surface area contributed by atoms with Crippen molar-refractivity contribution in [3.05, 3.63) is 0 Å². The van der Waals surface area contributed by atoms with Crippen LogP contribution in [0.5, 0.6) is 0 Å². The van der Waals surface area contributed by atoms with E-state index in [4.69, 9.17) is 0 Å². The zero-order chi connectivity index (χ0) is 12.3. The van der Waals surface area contributed by atoms with Gasteiger partial charge in [0.05, 0.1) is 0 Å². The van der Waals surface area contributed by atoms with E-state index >= 15 is 0 Å². The molecular weight excluding hydrogens is 192 g/mol. The Morgan fingerprint density at radius 3 is 0.688 bits per heavy atom. The summed E-state index contributed by atoms with van der Waals surface area (Å²) in [5.41, 5.74) is 0. The fraction of sp³-hybridized carbons (Fsp3) is 1.00. The molecule has 96 valence electrons. The first kappa shape index (κ1) is 14.1. The van der Waals surface area contributed by atoms with Crippen LogP contribution in [0.4, 0.5) is 0 Å². The standard InChI is InChI=1S/2C8H16/c2*1-6-4-5-7(2)8(6)3/h2*6-8H,4-5H2,1-3H3. The van der Waals surface area contributed by atoms with Crippen molar-refractivity contribution < 1.29 is 0 Å². The highest BCUT2D eigenvalue weighted by Crippen LogP contribution is 2.36. The predicted octanol–water partition coefficient (Wildman–Crippen LogP) is 5.38. The van der Waals surface area contributed by atoms with Gasteiger partial charge in [0.25, 0.3) is 0 Å². The van der Waals surface area contributed by atoms with E-state index in [-0.39, 0.29) is 0 Å². The van der Waals surface area contributed by atoms with Gasteiger partial charge in [-0.1, -0.05) is 67.2 Å². The van der Waals surface area contributed by atoms with Gasteiger partial charge in [0, 0.05) is 0 Å². The second-order valence-electron chi connectivity index (χ2n) is 6.78. The molecule has 0 saturated heterocycles. The molecule has 2 rings (SSSR count). The van der Waals surface area contributed by atoms with Gasteiger partial charge in [-0.3, -0.25) is 0 Å². The van der Waals surface area contributed by atoms with E-state index in [2.05, 4.69) is 41.5 Å². The lowest BCUT2D eigenvalue weighted by molar-refractivity contribution is 0.380. The van der Waals surface area contributed by atoms with Gasteiger partial charge in [0.15, 0.2) is 0 Å². The maximum Gasteiger partial charge on any atom is -0.0391 e. The zero-order valence-corrected chi connectivity index (χ0v) is 12.3. The molecule has 0 aromatic rings. The van der Waals surface area contributed by atoms with E-state index in [0.717, 1.165) is 35.5 Å². The van der Waals surface area contributed by atoms with Crippen molar-refractivity contribution in [2.45, 2.75) is 67.2 Å². The molecule has 2 fully saturated rings.